The van der Waals surface area contributed by atoms with Gasteiger partial charge in [-0.15, -0.1) is 5.10 Å². The molecule has 0 amide bonds. The van der Waals surface area contributed by atoms with E-state index in [1.807, 2.05) is 19.6 Å². The second-order valence-corrected chi connectivity index (χ2v) is 14.7. The maximum Gasteiger partial charge on any atom is 0.327 e. The van der Waals surface area contributed by atoms with Crippen molar-refractivity contribution in [1.82, 2.24) is 14.6 Å². The lowest BCUT2D eigenvalue weighted by molar-refractivity contribution is -0.660. The molecule has 0 atom stereocenters. The van der Waals surface area contributed by atoms with Gasteiger partial charge in [-0.05, 0) is 68.2 Å². The minimum Gasteiger partial charge on any atom is -0.421 e. The normalized spacial score (nSPS) is 19.0. The predicted molar refractivity (Wildman–Crippen MR) is 141 cm³/mol. The third kappa shape index (κ3) is 3.39. The molecule has 0 spiro atoms. The summed E-state index contributed by atoms with van der Waals surface area (Å²) in [6, 6.07) is 7.87. The van der Waals surface area contributed by atoms with Gasteiger partial charge >= 0.3 is 5.84 Å². The maximum atomic E-state index is 8.45. The van der Waals surface area contributed by atoms with Crippen LogP contribution in [0.15, 0.2) is 40.9 Å². The first kappa shape index (κ1) is 12.5. The van der Waals surface area contributed by atoms with Crippen LogP contribution < -0.4 is 9.75 Å². The Morgan fingerprint density at radius 3 is 2.29 bits per heavy atom. The molecule has 174 valence electrons. The van der Waals surface area contributed by atoms with Crippen molar-refractivity contribution < 1.29 is 25.4 Å². The van der Waals surface area contributed by atoms with Gasteiger partial charge in [-0.1, -0.05) is 48.1 Å². The molecule has 5 rings (SSSR count). The van der Waals surface area contributed by atoms with E-state index in [4.69, 9.17) is 20.9 Å². The highest BCUT2D eigenvalue weighted by molar-refractivity contribution is 6.88. The van der Waals surface area contributed by atoms with Crippen molar-refractivity contribution in [3.63, 3.8) is 0 Å². The second kappa shape index (κ2) is 7.63. The van der Waals surface area contributed by atoms with Crippen LogP contribution in [0.4, 0.5) is 0 Å². The molecular formula is C28H33N4OSi+. The zero-order valence-electron chi connectivity index (χ0n) is 31.7. The Morgan fingerprint density at radius 2 is 1.65 bits per heavy atom. The molecule has 6 heteroatoms. The van der Waals surface area contributed by atoms with E-state index in [0.717, 1.165) is 0 Å². The number of aromatic nitrogens is 4. The maximum absolute atomic E-state index is 8.45. The lowest BCUT2D eigenvalue weighted by Gasteiger charge is -2.21. The SMILES string of the molecule is [2H]C([2H])([2H])c1c[n+](C)c(-c2c(C)ccc3c2oc2nnc(C([2H])([2H])[2H])n23)cc1-c1c(C([2H])([2H])[2H])cc([Si](C)(C)C)cc1C([2H])([2H])[2H]. The smallest absolute Gasteiger partial charge is 0.327 e. The van der Waals surface area contributed by atoms with Crippen molar-refractivity contribution >= 4 is 30.2 Å². The monoisotopic (exact) mass is 481 g/mol. The number of benzene rings is 2. The first-order valence-corrected chi connectivity index (χ1v) is 14.3. The molecule has 0 N–H and O–H groups in total. The lowest BCUT2D eigenvalue weighted by Crippen LogP contribution is -2.38. The Morgan fingerprint density at radius 1 is 0.912 bits per heavy atom. The van der Waals surface area contributed by atoms with Crippen LogP contribution in [0.1, 0.15) is 44.5 Å². The van der Waals surface area contributed by atoms with Crippen molar-refractivity contribution in [2.75, 3.05) is 0 Å². The number of pyridine rings is 1. The van der Waals surface area contributed by atoms with Gasteiger partial charge in [-0.25, -0.2) is 8.97 Å². The van der Waals surface area contributed by atoms with Gasteiger partial charge in [-0.3, -0.25) is 0 Å². The minimum atomic E-state index is -2.78. The molecule has 2 aromatic carbocycles. The average Bonchev–Trinajstić information content (AvgIpc) is 3.45. The van der Waals surface area contributed by atoms with Gasteiger partial charge in [0.25, 0.3) is 0 Å². The third-order valence-electron chi connectivity index (χ3n) is 6.22. The van der Waals surface area contributed by atoms with E-state index in [1.165, 1.54) is 28.8 Å². The van der Waals surface area contributed by atoms with E-state index in [9.17, 15) is 0 Å². The highest BCUT2D eigenvalue weighted by atomic mass is 28.3. The lowest BCUT2D eigenvalue weighted by atomic mass is 9.91. The number of nitrogens with zero attached hydrogens (tertiary/aromatic N) is 4. The number of aryl methyl sites for hydroxylation is 6. The van der Waals surface area contributed by atoms with Crippen LogP contribution in [0.3, 0.4) is 0 Å². The first-order chi connectivity index (χ1) is 20.8. The van der Waals surface area contributed by atoms with Crippen LogP contribution in [0.2, 0.25) is 19.6 Å². The fourth-order valence-corrected chi connectivity index (χ4v) is 5.54. The number of fused-ring (bicyclic) bond motifs is 3. The van der Waals surface area contributed by atoms with Crippen molar-refractivity contribution in [2.45, 2.75) is 54.0 Å². The van der Waals surface area contributed by atoms with Crippen LogP contribution in [0.5, 0.6) is 0 Å². The molecule has 5 nitrogen and oxygen atoms in total. The molecule has 0 saturated heterocycles. The first-order valence-electron chi connectivity index (χ1n) is 16.8. The summed E-state index contributed by atoms with van der Waals surface area (Å²) >= 11 is 0. The van der Waals surface area contributed by atoms with E-state index in [-0.39, 0.29) is 45.1 Å². The largest absolute Gasteiger partial charge is 0.421 e. The molecule has 0 aliphatic carbocycles. The second-order valence-electron chi connectivity index (χ2n) is 9.64. The zero-order chi connectivity index (χ0) is 34.5. The summed E-state index contributed by atoms with van der Waals surface area (Å²) in [7, 11) is -0.636. The molecule has 0 radical (unpaired) electrons. The van der Waals surface area contributed by atoms with E-state index >= 15 is 0 Å². The molecular weight excluding hydrogens is 436 g/mol. The summed E-state index contributed by atoms with van der Waals surface area (Å²) < 4.78 is 108. The Kier molecular flexibility index (Phi) is 2.80. The molecule has 0 unspecified atom stereocenters. The molecule has 0 fully saturated rings. The summed E-state index contributed by atoms with van der Waals surface area (Å²) in [6.07, 6.45) is 1.35. The van der Waals surface area contributed by atoms with Crippen LogP contribution in [0.25, 0.3) is 39.3 Å². The molecule has 0 aliphatic heterocycles. The number of rotatable bonds is 3. The van der Waals surface area contributed by atoms with Gasteiger partial charge in [0.1, 0.15) is 12.9 Å². The summed E-state index contributed by atoms with van der Waals surface area (Å²) in [5, 5.41) is 8.31. The molecule has 34 heavy (non-hydrogen) atoms. The van der Waals surface area contributed by atoms with E-state index in [0.29, 0.717) is 27.5 Å². The Labute approximate surface area is 219 Å². The Bertz CT molecular complexity index is 1970. The highest BCUT2D eigenvalue weighted by Crippen LogP contribution is 2.36. The van der Waals surface area contributed by atoms with Gasteiger partial charge in [0.2, 0.25) is 5.69 Å². The third-order valence-corrected chi connectivity index (χ3v) is 8.24. The van der Waals surface area contributed by atoms with Crippen molar-refractivity contribution in [3.8, 4) is 22.4 Å². The number of hydrogen-bond donors (Lipinski definition) is 0. The topological polar surface area (TPSA) is 47.2 Å². The predicted octanol–water partition coefficient (Wildman–Crippen LogP) is 5.72. The molecule has 0 aliphatic rings. The zero-order valence-corrected chi connectivity index (χ0v) is 20.7. The standard InChI is InChI=1S/C28H33N4OSi/c1-16-10-11-23-27(33-28-30-29-20(5)32(23)28)26(16)24-14-22(19(4)15-31(24)6)25-17(2)12-21(13-18(25)3)34(7,8)9/h10-15H,1-9H3/q+1/i2D3,3D3,4D3,5D3. The Balaban J connectivity index is 1.96. The fraction of sp³-hybridized carbons (Fsp3) is 0.321. The van der Waals surface area contributed by atoms with Crippen molar-refractivity contribution in [2.24, 2.45) is 7.05 Å². The Hall–Kier alpha value is -3.25. The van der Waals surface area contributed by atoms with Gasteiger partial charge < -0.3 is 4.42 Å². The summed E-state index contributed by atoms with van der Waals surface area (Å²) in [5.41, 5.74) is 1.10. The molecule has 5 aromatic rings. The number of oxazole rings is 1. The average molecular weight is 482 g/mol. The highest BCUT2D eigenvalue weighted by Gasteiger charge is 2.25. The van der Waals surface area contributed by atoms with Crippen molar-refractivity contribution in [1.29, 1.82) is 0 Å². The van der Waals surface area contributed by atoms with Gasteiger partial charge in [0, 0.05) is 28.1 Å². The molecule has 3 aromatic heterocycles. The quantitative estimate of drug-likeness (QED) is 0.244. The van der Waals surface area contributed by atoms with Crippen molar-refractivity contribution in [3.05, 3.63) is 64.6 Å². The summed E-state index contributed by atoms with van der Waals surface area (Å²) in [6.45, 7) is -3.22. The minimum absolute atomic E-state index is 0.0636. The van der Waals surface area contributed by atoms with E-state index < -0.39 is 35.5 Å². The van der Waals surface area contributed by atoms with Crippen LogP contribution in [-0.2, 0) is 7.05 Å². The van der Waals surface area contributed by atoms with Crippen LogP contribution in [-0.4, -0.2) is 22.7 Å². The number of hydrogen-bond acceptors (Lipinski definition) is 3. The van der Waals surface area contributed by atoms with E-state index in [1.54, 1.807) is 30.7 Å². The van der Waals surface area contributed by atoms with Crippen LogP contribution >= 0.6 is 0 Å². The molecule has 0 bridgehead atoms. The summed E-state index contributed by atoms with van der Waals surface area (Å²) in [5.74, 6) is -0.364. The molecule has 0 saturated carbocycles. The molecule has 3 heterocycles. The summed E-state index contributed by atoms with van der Waals surface area (Å²) in [4.78, 5) is 0. The van der Waals surface area contributed by atoms with Gasteiger partial charge in [0.05, 0.1) is 19.2 Å². The van der Waals surface area contributed by atoms with Gasteiger partial charge in [-0.2, -0.15) is 0 Å². The van der Waals surface area contributed by atoms with Gasteiger partial charge in [0.15, 0.2) is 11.8 Å². The van der Waals surface area contributed by atoms with Crippen LogP contribution in [0, 0.1) is 34.3 Å². The van der Waals surface area contributed by atoms with E-state index in [2.05, 4.69) is 10.2 Å². The fourth-order valence-electron chi connectivity index (χ4n) is 4.38.